The zero-order valence-electron chi connectivity index (χ0n) is 11.6. The van der Waals surface area contributed by atoms with Crippen molar-refractivity contribution in [3.8, 4) is 0 Å². The Bertz CT molecular complexity index is 451. The normalized spacial score (nSPS) is 31.2. The number of fused-ring (bicyclic) bond motifs is 2. The number of halogens is 1. The molecule has 3 heterocycles. The number of piperidine rings is 2. The summed E-state index contributed by atoms with van der Waals surface area (Å²) in [5.41, 5.74) is 0.408. The van der Waals surface area contributed by atoms with Crippen LogP contribution in [0.3, 0.4) is 0 Å². The highest BCUT2D eigenvalue weighted by atomic mass is 19.1. The SMILES string of the molecule is Cc1ncnc(NC2CC3CCCC(C2)N3C)c1F. The van der Waals surface area contributed by atoms with E-state index in [9.17, 15) is 4.39 Å². The summed E-state index contributed by atoms with van der Waals surface area (Å²) in [5.74, 6) is 0.0479. The highest BCUT2D eigenvalue weighted by molar-refractivity contribution is 5.38. The fraction of sp³-hybridized carbons (Fsp3) is 0.714. The van der Waals surface area contributed by atoms with Crippen molar-refractivity contribution in [3.05, 3.63) is 17.8 Å². The highest BCUT2D eigenvalue weighted by Gasteiger charge is 2.36. The van der Waals surface area contributed by atoms with Crippen molar-refractivity contribution in [1.82, 2.24) is 14.9 Å². The van der Waals surface area contributed by atoms with Crippen molar-refractivity contribution in [1.29, 1.82) is 0 Å². The number of nitrogens with zero attached hydrogens (tertiary/aromatic N) is 3. The average Bonchev–Trinajstić information content (AvgIpc) is 2.36. The zero-order valence-corrected chi connectivity index (χ0v) is 11.6. The van der Waals surface area contributed by atoms with Crippen LogP contribution >= 0.6 is 0 Å². The van der Waals surface area contributed by atoms with Crippen molar-refractivity contribution >= 4 is 5.82 Å². The molecule has 0 spiro atoms. The number of anilines is 1. The van der Waals surface area contributed by atoms with Crippen LogP contribution in [-0.2, 0) is 0 Å². The summed E-state index contributed by atoms with van der Waals surface area (Å²) < 4.78 is 13.9. The van der Waals surface area contributed by atoms with Gasteiger partial charge in [0, 0.05) is 18.1 Å². The minimum atomic E-state index is -0.313. The summed E-state index contributed by atoms with van der Waals surface area (Å²) in [7, 11) is 2.22. The van der Waals surface area contributed by atoms with Gasteiger partial charge in [-0.1, -0.05) is 6.42 Å². The summed E-state index contributed by atoms with van der Waals surface area (Å²) >= 11 is 0. The van der Waals surface area contributed by atoms with E-state index in [1.54, 1.807) is 6.92 Å². The standard InChI is InChI=1S/C14H21FN4/c1-9-13(15)14(17-8-16-9)18-10-6-11-4-3-5-12(7-10)19(11)2/h8,10-12H,3-7H2,1-2H3,(H,16,17,18). The lowest BCUT2D eigenvalue weighted by atomic mass is 9.82. The quantitative estimate of drug-likeness (QED) is 0.890. The van der Waals surface area contributed by atoms with Crippen molar-refractivity contribution in [2.45, 2.75) is 57.2 Å². The summed E-state index contributed by atoms with van der Waals surface area (Å²) in [6.07, 6.45) is 7.43. The molecule has 0 amide bonds. The van der Waals surface area contributed by atoms with Gasteiger partial charge in [0.05, 0.1) is 5.69 Å². The molecule has 1 aromatic rings. The third-order valence-electron chi connectivity index (χ3n) is 4.64. The summed E-state index contributed by atoms with van der Waals surface area (Å²) in [5, 5.41) is 3.29. The molecule has 104 valence electrons. The number of hydrogen-bond acceptors (Lipinski definition) is 4. The molecular formula is C14H21FN4. The molecule has 0 radical (unpaired) electrons. The first-order valence-corrected chi connectivity index (χ1v) is 7.10. The Morgan fingerprint density at radius 2 is 1.95 bits per heavy atom. The van der Waals surface area contributed by atoms with E-state index < -0.39 is 0 Å². The number of hydrogen-bond donors (Lipinski definition) is 1. The second kappa shape index (κ2) is 5.04. The van der Waals surface area contributed by atoms with Gasteiger partial charge >= 0.3 is 0 Å². The Kier molecular flexibility index (Phi) is 3.39. The summed E-state index contributed by atoms with van der Waals surface area (Å²) in [6.45, 7) is 1.67. The van der Waals surface area contributed by atoms with Gasteiger partial charge in [0.15, 0.2) is 11.6 Å². The van der Waals surface area contributed by atoms with Gasteiger partial charge in [0.25, 0.3) is 0 Å². The topological polar surface area (TPSA) is 41.1 Å². The lowest BCUT2D eigenvalue weighted by Crippen LogP contribution is -2.52. The maximum atomic E-state index is 13.9. The van der Waals surface area contributed by atoms with Gasteiger partial charge in [-0.15, -0.1) is 0 Å². The molecule has 2 atom stereocenters. The van der Waals surface area contributed by atoms with E-state index >= 15 is 0 Å². The van der Waals surface area contributed by atoms with Crippen molar-refractivity contribution in [2.75, 3.05) is 12.4 Å². The number of nitrogens with one attached hydrogen (secondary N) is 1. The van der Waals surface area contributed by atoms with Crippen molar-refractivity contribution < 1.29 is 4.39 Å². The van der Waals surface area contributed by atoms with E-state index in [4.69, 9.17) is 0 Å². The van der Waals surface area contributed by atoms with Crippen LogP contribution in [0.5, 0.6) is 0 Å². The first-order valence-electron chi connectivity index (χ1n) is 7.10. The van der Waals surface area contributed by atoms with Gasteiger partial charge < -0.3 is 10.2 Å². The first-order chi connectivity index (χ1) is 9.15. The van der Waals surface area contributed by atoms with Gasteiger partial charge in [-0.3, -0.25) is 0 Å². The maximum Gasteiger partial charge on any atom is 0.186 e. The molecule has 2 unspecified atom stereocenters. The Labute approximate surface area is 113 Å². The molecule has 5 heteroatoms. The lowest BCUT2D eigenvalue weighted by molar-refractivity contribution is 0.0607. The van der Waals surface area contributed by atoms with Gasteiger partial charge in [0.1, 0.15) is 6.33 Å². The molecule has 1 aromatic heterocycles. The Hall–Kier alpha value is -1.23. The first kappa shape index (κ1) is 12.8. The van der Waals surface area contributed by atoms with Crippen molar-refractivity contribution in [3.63, 3.8) is 0 Å². The van der Waals surface area contributed by atoms with Gasteiger partial charge in [-0.25, -0.2) is 14.4 Å². The maximum absolute atomic E-state index is 13.9. The predicted molar refractivity (Wildman–Crippen MR) is 72.6 cm³/mol. The minimum absolute atomic E-state index is 0.313. The summed E-state index contributed by atoms with van der Waals surface area (Å²) in [4.78, 5) is 10.4. The van der Waals surface area contributed by atoms with Crippen LogP contribution in [0.1, 0.15) is 37.8 Å². The van der Waals surface area contributed by atoms with Gasteiger partial charge in [-0.05, 0) is 39.7 Å². The largest absolute Gasteiger partial charge is 0.365 e. The van der Waals surface area contributed by atoms with E-state index in [0.29, 0.717) is 29.6 Å². The van der Waals surface area contributed by atoms with Crippen LogP contribution in [0, 0.1) is 12.7 Å². The highest BCUT2D eigenvalue weighted by Crippen LogP contribution is 2.33. The Morgan fingerprint density at radius 3 is 2.63 bits per heavy atom. The van der Waals surface area contributed by atoms with E-state index in [0.717, 1.165) is 12.8 Å². The van der Waals surface area contributed by atoms with E-state index in [2.05, 4.69) is 27.2 Å². The van der Waals surface area contributed by atoms with Crippen LogP contribution in [-0.4, -0.2) is 40.0 Å². The molecule has 0 aliphatic carbocycles. The molecule has 1 N–H and O–H groups in total. The number of aryl methyl sites for hydroxylation is 1. The van der Waals surface area contributed by atoms with E-state index in [-0.39, 0.29) is 5.82 Å². The molecule has 2 fully saturated rings. The van der Waals surface area contributed by atoms with Crippen LogP contribution in [0.2, 0.25) is 0 Å². The molecule has 19 heavy (non-hydrogen) atoms. The monoisotopic (exact) mass is 264 g/mol. The lowest BCUT2D eigenvalue weighted by Gasteiger charge is -2.47. The van der Waals surface area contributed by atoms with Gasteiger partial charge in [-0.2, -0.15) is 0 Å². The third kappa shape index (κ3) is 2.43. The van der Waals surface area contributed by atoms with Crippen LogP contribution in [0.15, 0.2) is 6.33 Å². The zero-order chi connectivity index (χ0) is 13.4. The Morgan fingerprint density at radius 1 is 1.26 bits per heavy atom. The second-order valence-electron chi connectivity index (χ2n) is 5.84. The smallest absolute Gasteiger partial charge is 0.186 e. The molecular weight excluding hydrogens is 243 g/mol. The fourth-order valence-electron chi connectivity index (χ4n) is 3.49. The molecule has 2 aliphatic rings. The number of aromatic nitrogens is 2. The molecule has 3 rings (SSSR count). The van der Waals surface area contributed by atoms with E-state index in [1.165, 1.54) is 25.6 Å². The van der Waals surface area contributed by atoms with Gasteiger partial charge in [0.2, 0.25) is 0 Å². The Balaban J connectivity index is 1.72. The molecule has 2 saturated heterocycles. The molecule has 0 saturated carbocycles. The van der Waals surface area contributed by atoms with E-state index in [1.807, 2.05) is 0 Å². The fourth-order valence-corrected chi connectivity index (χ4v) is 3.49. The second-order valence-corrected chi connectivity index (χ2v) is 5.84. The average molecular weight is 264 g/mol. The van der Waals surface area contributed by atoms with Crippen molar-refractivity contribution in [2.24, 2.45) is 0 Å². The number of rotatable bonds is 2. The van der Waals surface area contributed by atoms with Crippen LogP contribution < -0.4 is 5.32 Å². The molecule has 4 nitrogen and oxygen atoms in total. The molecule has 0 aromatic carbocycles. The molecule has 2 aliphatic heterocycles. The molecule has 2 bridgehead atoms. The predicted octanol–water partition coefficient (Wildman–Crippen LogP) is 2.35. The van der Waals surface area contributed by atoms with Crippen LogP contribution in [0.4, 0.5) is 10.2 Å². The minimum Gasteiger partial charge on any atom is -0.365 e. The third-order valence-corrected chi connectivity index (χ3v) is 4.64. The summed E-state index contributed by atoms with van der Waals surface area (Å²) in [6, 6.07) is 1.60. The van der Waals surface area contributed by atoms with Crippen LogP contribution in [0.25, 0.3) is 0 Å².